The first-order valence-corrected chi connectivity index (χ1v) is 7.58. The van der Waals surface area contributed by atoms with Gasteiger partial charge in [0.1, 0.15) is 5.56 Å². The van der Waals surface area contributed by atoms with Gasteiger partial charge in [-0.1, -0.05) is 29.8 Å². The van der Waals surface area contributed by atoms with Crippen LogP contribution in [-0.2, 0) is 6.54 Å². The van der Waals surface area contributed by atoms with Crippen molar-refractivity contribution in [1.82, 2.24) is 19.5 Å². The van der Waals surface area contributed by atoms with Gasteiger partial charge >= 0.3 is 5.69 Å². The quantitative estimate of drug-likeness (QED) is 0.731. The normalized spacial score (nSPS) is 10.4. The molecule has 8 nitrogen and oxygen atoms in total. The minimum atomic E-state index is -0.739. The zero-order chi connectivity index (χ0) is 17.8. The molecule has 2 heterocycles. The largest absolute Gasteiger partial charge is 0.328 e. The Morgan fingerprint density at radius 1 is 1.16 bits per heavy atom. The van der Waals surface area contributed by atoms with Gasteiger partial charge in [-0.15, -0.1) is 0 Å². The molecule has 0 bridgehead atoms. The number of carbonyl (C=O) groups excluding carboxylic acids is 1. The first-order chi connectivity index (χ1) is 12.1. The molecule has 0 aliphatic carbocycles. The van der Waals surface area contributed by atoms with Crippen LogP contribution < -0.4 is 16.6 Å². The summed E-state index contributed by atoms with van der Waals surface area (Å²) in [6.07, 6.45) is 3.96. The van der Waals surface area contributed by atoms with Gasteiger partial charge in [-0.25, -0.2) is 14.8 Å². The van der Waals surface area contributed by atoms with E-state index in [1.165, 1.54) is 12.4 Å². The van der Waals surface area contributed by atoms with Crippen LogP contribution in [0.4, 0.5) is 5.95 Å². The highest BCUT2D eigenvalue weighted by Gasteiger charge is 2.16. The number of nitrogens with one attached hydrogen (secondary N) is 2. The van der Waals surface area contributed by atoms with E-state index in [1.807, 2.05) is 0 Å². The molecule has 0 spiro atoms. The van der Waals surface area contributed by atoms with Crippen LogP contribution >= 0.6 is 11.6 Å². The van der Waals surface area contributed by atoms with Gasteiger partial charge in [0.15, 0.2) is 0 Å². The Morgan fingerprint density at radius 2 is 1.88 bits per heavy atom. The number of carbonyl (C=O) groups is 1. The summed E-state index contributed by atoms with van der Waals surface area (Å²) in [5.74, 6) is -0.670. The smallest absolute Gasteiger partial charge is 0.313 e. The van der Waals surface area contributed by atoms with Gasteiger partial charge in [-0.3, -0.25) is 19.5 Å². The van der Waals surface area contributed by atoms with E-state index in [2.05, 4.69) is 20.3 Å². The Labute approximate surface area is 146 Å². The SMILES string of the molecule is O=C(Nc1ncccn1)c1c[nH]c(=O)n(Cc2ccccc2Cl)c1=O. The van der Waals surface area contributed by atoms with Crippen molar-refractivity contribution in [2.75, 3.05) is 5.32 Å². The van der Waals surface area contributed by atoms with Crippen molar-refractivity contribution in [3.05, 3.63) is 85.9 Å². The second-order valence-electron chi connectivity index (χ2n) is 5.02. The van der Waals surface area contributed by atoms with E-state index in [1.54, 1.807) is 30.3 Å². The Hall–Kier alpha value is -3.26. The van der Waals surface area contributed by atoms with E-state index in [4.69, 9.17) is 11.6 Å². The fourth-order valence-electron chi connectivity index (χ4n) is 2.15. The summed E-state index contributed by atoms with van der Waals surface area (Å²) in [6.45, 7) is -0.0587. The molecule has 9 heteroatoms. The summed E-state index contributed by atoms with van der Waals surface area (Å²) in [5, 5.41) is 2.82. The fraction of sp³-hybridized carbons (Fsp3) is 0.0625. The molecule has 0 saturated carbocycles. The lowest BCUT2D eigenvalue weighted by Crippen LogP contribution is -2.39. The molecule has 0 fully saturated rings. The predicted molar refractivity (Wildman–Crippen MR) is 91.9 cm³/mol. The van der Waals surface area contributed by atoms with E-state index in [0.29, 0.717) is 10.6 Å². The molecule has 126 valence electrons. The van der Waals surface area contributed by atoms with Crippen molar-refractivity contribution in [2.24, 2.45) is 0 Å². The summed E-state index contributed by atoms with van der Waals surface area (Å²) in [4.78, 5) is 46.9. The molecule has 0 aliphatic heterocycles. The topological polar surface area (TPSA) is 110 Å². The van der Waals surface area contributed by atoms with Crippen molar-refractivity contribution in [1.29, 1.82) is 0 Å². The maximum Gasteiger partial charge on any atom is 0.328 e. The molecule has 0 aliphatic rings. The van der Waals surface area contributed by atoms with Crippen molar-refractivity contribution in [3.63, 3.8) is 0 Å². The summed E-state index contributed by atoms with van der Waals surface area (Å²) in [7, 11) is 0. The molecule has 3 aromatic rings. The van der Waals surface area contributed by atoms with E-state index < -0.39 is 17.2 Å². The first kappa shape index (κ1) is 16.6. The number of H-pyrrole nitrogens is 1. The van der Waals surface area contributed by atoms with Gasteiger partial charge in [0.25, 0.3) is 11.5 Å². The maximum absolute atomic E-state index is 12.5. The number of rotatable bonds is 4. The molecule has 2 N–H and O–H groups in total. The van der Waals surface area contributed by atoms with E-state index in [-0.39, 0.29) is 18.1 Å². The van der Waals surface area contributed by atoms with Gasteiger partial charge in [0.2, 0.25) is 5.95 Å². The Bertz CT molecular complexity index is 1030. The molecule has 0 unspecified atom stereocenters. The summed E-state index contributed by atoms with van der Waals surface area (Å²) in [6, 6.07) is 8.41. The van der Waals surface area contributed by atoms with E-state index in [0.717, 1.165) is 10.8 Å². The minimum absolute atomic E-state index is 0.0516. The third-order valence-corrected chi connectivity index (χ3v) is 3.75. The summed E-state index contributed by atoms with van der Waals surface area (Å²) < 4.78 is 0.905. The van der Waals surface area contributed by atoms with Gasteiger partial charge in [0, 0.05) is 23.6 Å². The second kappa shape index (κ2) is 7.10. The number of aromatic nitrogens is 4. The van der Waals surface area contributed by atoms with Crippen LogP contribution in [0.5, 0.6) is 0 Å². The number of anilines is 1. The monoisotopic (exact) mass is 357 g/mol. The third kappa shape index (κ3) is 3.64. The maximum atomic E-state index is 12.5. The Morgan fingerprint density at radius 3 is 2.60 bits per heavy atom. The number of hydrogen-bond acceptors (Lipinski definition) is 5. The highest BCUT2D eigenvalue weighted by Crippen LogP contribution is 2.14. The third-order valence-electron chi connectivity index (χ3n) is 3.38. The van der Waals surface area contributed by atoms with Gasteiger partial charge in [-0.2, -0.15) is 0 Å². The molecule has 1 aromatic carbocycles. The number of hydrogen-bond donors (Lipinski definition) is 2. The standard InChI is InChI=1S/C16H12ClN5O3/c17-12-5-2-1-4-10(12)9-22-14(24)11(8-20-16(22)25)13(23)21-15-18-6-3-7-19-15/h1-8H,9H2,(H,20,25)(H,18,19,21,23). The first-order valence-electron chi connectivity index (χ1n) is 7.20. The highest BCUT2D eigenvalue weighted by molar-refractivity contribution is 6.31. The lowest BCUT2D eigenvalue weighted by molar-refractivity contribution is 0.102. The zero-order valence-electron chi connectivity index (χ0n) is 12.8. The van der Waals surface area contributed by atoms with Crippen LogP contribution in [0.25, 0.3) is 0 Å². The van der Waals surface area contributed by atoms with Crippen LogP contribution in [0.3, 0.4) is 0 Å². The van der Waals surface area contributed by atoms with Crippen molar-refractivity contribution in [2.45, 2.75) is 6.54 Å². The number of benzene rings is 1. The van der Waals surface area contributed by atoms with Crippen LogP contribution in [0.15, 0.2) is 58.5 Å². The number of nitrogens with zero attached hydrogens (tertiary/aromatic N) is 3. The van der Waals surface area contributed by atoms with Gasteiger partial charge in [0.05, 0.1) is 6.54 Å². The van der Waals surface area contributed by atoms with Crippen molar-refractivity contribution < 1.29 is 4.79 Å². The summed E-state index contributed by atoms with van der Waals surface area (Å²) >= 11 is 6.07. The zero-order valence-corrected chi connectivity index (χ0v) is 13.5. The number of aromatic amines is 1. The molecule has 3 rings (SSSR count). The number of halogens is 1. The van der Waals surface area contributed by atoms with Gasteiger partial charge in [-0.05, 0) is 17.7 Å². The predicted octanol–water partition coefficient (Wildman–Crippen LogP) is 1.28. The second-order valence-corrected chi connectivity index (χ2v) is 5.42. The molecular formula is C16H12ClN5O3. The Kier molecular flexibility index (Phi) is 4.71. The van der Waals surface area contributed by atoms with Crippen LogP contribution in [0.1, 0.15) is 15.9 Å². The lowest BCUT2D eigenvalue weighted by Gasteiger charge is -2.08. The molecule has 25 heavy (non-hydrogen) atoms. The molecular weight excluding hydrogens is 346 g/mol. The molecule has 2 aromatic heterocycles. The van der Waals surface area contributed by atoms with Crippen LogP contribution in [-0.4, -0.2) is 25.4 Å². The van der Waals surface area contributed by atoms with E-state index in [9.17, 15) is 14.4 Å². The molecule has 0 atom stereocenters. The highest BCUT2D eigenvalue weighted by atomic mass is 35.5. The molecule has 0 saturated heterocycles. The molecule has 0 radical (unpaired) electrons. The number of amides is 1. The van der Waals surface area contributed by atoms with E-state index >= 15 is 0 Å². The van der Waals surface area contributed by atoms with Crippen LogP contribution in [0.2, 0.25) is 5.02 Å². The molecule has 1 amide bonds. The lowest BCUT2D eigenvalue weighted by atomic mass is 10.2. The van der Waals surface area contributed by atoms with Gasteiger partial charge < -0.3 is 4.98 Å². The Balaban J connectivity index is 1.95. The minimum Gasteiger partial charge on any atom is -0.313 e. The average Bonchev–Trinajstić information content (AvgIpc) is 2.61. The average molecular weight is 358 g/mol. The van der Waals surface area contributed by atoms with Crippen molar-refractivity contribution in [3.8, 4) is 0 Å². The summed E-state index contributed by atoms with van der Waals surface area (Å²) in [5.41, 5.74) is -1.03. The van der Waals surface area contributed by atoms with Crippen LogP contribution in [0, 0.1) is 0 Å². The van der Waals surface area contributed by atoms with Crippen molar-refractivity contribution >= 4 is 23.5 Å². The fourth-order valence-corrected chi connectivity index (χ4v) is 2.34.